The van der Waals surface area contributed by atoms with E-state index in [1.807, 2.05) is 13.8 Å². The third kappa shape index (κ3) is 4.64. The van der Waals surface area contributed by atoms with Crippen LogP contribution in [0.25, 0.3) is 0 Å². The van der Waals surface area contributed by atoms with E-state index in [9.17, 15) is 14.4 Å². The minimum atomic E-state index is -0.615. The quantitative estimate of drug-likeness (QED) is 0.723. The predicted octanol–water partition coefficient (Wildman–Crippen LogP) is 3.07. The molecule has 3 rings (SSSR count). The summed E-state index contributed by atoms with van der Waals surface area (Å²) >= 11 is 0. The van der Waals surface area contributed by atoms with Gasteiger partial charge >= 0.3 is 0 Å². The number of hydrogen-bond acceptors (Lipinski definition) is 4. The molecule has 1 aliphatic carbocycles. The van der Waals surface area contributed by atoms with Crippen LogP contribution in [-0.2, 0) is 14.4 Å². The van der Waals surface area contributed by atoms with Crippen molar-refractivity contribution >= 4 is 29.1 Å². The van der Waals surface area contributed by atoms with Crippen LogP contribution in [0.4, 0.5) is 11.4 Å². The van der Waals surface area contributed by atoms with E-state index in [0.717, 1.165) is 25.7 Å². The Labute approximate surface area is 165 Å². The monoisotopic (exact) mass is 387 g/mol. The zero-order valence-corrected chi connectivity index (χ0v) is 16.7. The Bertz CT molecular complexity index is 756. The molecule has 3 N–H and O–H groups in total. The van der Waals surface area contributed by atoms with E-state index in [1.54, 1.807) is 25.1 Å². The fraction of sp³-hybridized carbons (Fsp3) is 0.571. The average Bonchev–Trinajstić information content (AvgIpc) is 2.67. The summed E-state index contributed by atoms with van der Waals surface area (Å²) in [5.74, 6) is -0.00832. The van der Waals surface area contributed by atoms with E-state index in [0.29, 0.717) is 17.1 Å². The summed E-state index contributed by atoms with van der Waals surface area (Å²) in [6.45, 7) is 5.50. The van der Waals surface area contributed by atoms with Crippen molar-refractivity contribution in [1.29, 1.82) is 0 Å². The fourth-order valence-electron chi connectivity index (χ4n) is 3.68. The van der Waals surface area contributed by atoms with Gasteiger partial charge in [-0.1, -0.05) is 33.1 Å². The molecular weight excluding hydrogens is 358 g/mol. The number of anilines is 2. The highest BCUT2D eigenvalue weighted by atomic mass is 16.5. The molecule has 0 bridgehead atoms. The van der Waals surface area contributed by atoms with Crippen molar-refractivity contribution in [2.24, 2.45) is 11.8 Å². The summed E-state index contributed by atoms with van der Waals surface area (Å²) in [6, 6.07) is 4.49. The Hall–Kier alpha value is -2.57. The van der Waals surface area contributed by atoms with Crippen LogP contribution >= 0.6 is 0 Å². The molecule has 0 spiro atoms. The van der Waals surface area contributed by atoms with E-state index in [2.05, 4.69) is 16.0 Å². The Balaban J connectivity index is 1.66. The van der Waals surface area contributed by atoms with E-state index in [-0.39, 0.29) is 29.6 Å². The van der Waals surface area contributed by atoms with Crippen LogP contribution in [0, 0.1) is 11.8 Å². The van der Waals surface area contributed by atoms with Gasteiger partial charge in [0.25, 0.3) is 5.91 Å². The molecule has 0 aromatic heterocycles. The van der Waals surface area contributed by atoms with Gasteiger partial charge in [-0.3, -0.25) is 14.4 Å². The lowest BCUT2D eigenvalue weighted by molar-refractivity contribution is -0.130. The first-order valence-electron chi connectivity index (χ1n) is 10.1. The van der Waals surface area contributed by atoms with Crippen LogP contribution < -0.4 is 20.7 Å². The number of nitrogens with one attached hydrogen (secondary N) is 3. The van der Waals surface area contributed by atoms with Crippen molar-refractivity contribution in [1.82, 2.24) is 5.32 Å². The molecule has 1 heterocycles. The molecule has 2 aliphatic rings. The standard InChI is InChI=1S/C21H29N3O4/c1-12(2)18(24-20(26)14-7-5-4-6-8-14)21(27)22-15-9-10-17-16(11-15)23-19(25)13(3)28-17/h9-14,18H,4-8H2,1-3H3,(H,22,27)(H,23,25)(H,24,26)/t13-,18+/m1/s1. The molecule has 0 radical (unpaired) electrons. The number of ether oxygens (including phenoxy) is 1. The Kier molecular flexibility index (Phi) is 6.21. The molecule has 152 valence electrons. The maximum atomic E-state index is 12.8. The lowest BCUT2D eigenvalue weighted by Crippen LogP contribution is -2.49. The van der Waals surface area contributed by atoms with Gasteiger partial charge in [0.2, 0.25) is 11.8 Å². The highest BCUT2D eigenvalue weighted by Crippen LogP contribution is 2.32. The third-order valence-electron chi connectivity index (χ3n) is 5.40. The Morgan fingerprint density at radius 2 is 1.89 bits per heavy atom. The Morgan fingerprint density at radius 3 is 2.57 bits per heavy atom. The highest BCUT2D eigenvalue weighted by molar-refractivity contribution is 6.00. The van der Waals surface area contributed by atoms with E-state index in [1.165, 1.54) is 6.42 Å². The molecule has 0 saturated heterocycles. The molecular formula is C21H29N3O4. The van der Waals surface area contributed by atoms with Crippen LogP contribution in [0.3, 0.4) is 0 Å². The minimum Gasteiger partial charge on any atom is -0.479 e. The molecule has 1 aromatic rings. The van der Waals surface area contributed by atoms with Crippen molar-refractivity contribution in [2.45, 2.75) is 65.0 Å². The summed E-state index contributed by atoms with van der Waals surface area (Å²) < 4.78 is 5.53. The lowest BCUT2D eigenvalue weighted by atomic mass is 9.88. The molecule has 7 heteroatoms. The van der Waals surface area contributed by atoms with Crippen LogP contribution in [0.5, 0.6) is 5.75 Å². The van der Waals surface area contributed by atoms with Gasteiger partial charge in [0.1, 0.15) is 11.8 Å². The molecule has 7 nitrogen and oxygen atoms in total. The minimum absolute atomic E-state index is 0.000829. The molecule has 0 unspecified atom stereocenters. The smallest absolute Gasteiger partial charge is 0.265 e. The summed E-state index contributed by atoms with van der Waals surface area (Å²) in [5.41, 5.74) is 1.06. The molecule has 1 saturated carbocycles. The van der Waals surface area contributed by atoms with Gasteiger partial charge in [0.05, 0.1) is 5.69 Å². The van der Waals surface area contributed by atoms with Crippen LogP contribution in [0.15, 0.2) is 18.2 Å². The first-order chi connectivity index (χ1) is 13.3. The van der Waals surface area contributed by atoms with E-state index in [4.69, 9.17) is 4.74 Å². The molecule has 28 heavy (non-hydrogen) atoms. The summed E-state index contributed by atoms with van der Waals surface area (Å²) in [4.78, 5) is 37.2. The van der Waals surface area contributed by atoms with Gasteiger partial charge in [0, 0.05) is 11.6 Å². The number of carbonyl (C=O) groups is 3. The molecule has 1 aliphatic heterocycles. The highest BCUT2D eigenvalue weighted by Gasteiger charge is 2.29. The third-order valence-corrected chi connectivity index (χ3v) is 5.40. The first kappa shape index (κ1) is 20.2. The van der Waals surface area contributed by atoms with Gasteiger partial charge < -0.3 is 20.7 Å². The van der Waals surface area contributed by atoms with Crippen molar-refractivity contribution in [3.05, 3.63) is 18.2 Å². The number of hydrogen-bond donors (Lipinski definition) is 3. The maximum absolute atomic E-state index is 12.8. The van der Waals surface area contributed by atoms with Crippen LogP contribution in [-0.4, -0.2) is 29.9 Å². The summed E-state index contributed by atoms with van der Waals surface area (Å²) in [6.07, 6.45) is 4.54. The normalized spacial score (nSPS) is 20.6. The second-order valence-corrected chi connectivity index (χ2v) is 8.01. The van der Waals surface area contributed by atoms with E-state index >= 15 is 0 Å². The van der Waals surface area contributed by atoms with E-state index < -0.39 is 12.1 Å². The van der Waals surface area contributed by atoms with Crippen molar-refractivity contribution in [3.8, 4) is 5.75 Å². The maximum Gasteiger partial charge on any atom is 0.265 e. The van der Waals surface area contributed by atoms with Gasteiger partial charge in [-0.25, -0.2) is 0 Å². The Morgan fingerprint density at radius 1 is 1.18 bits per heavy atom. The number of fused-ring (bicyclic) bond motifs is 1. The fourth-order valence-corrected chi connectivity index (χ4v) is 3.68. The second-order valence-electron chi connectivity index (χ2n) is 8.01. The van der Waals surface area contributed by atoms with Gasteiger partial charge in [0.15, 0.2) is 6.10 Å². The number of amides is 3. The molecule has 1 aromatic carbocycles. The summed E-state index contributed by atoms with van der Waals surface area (Å²) in [5, 5.41) is 8.55. The van der Waals surface area contributed by atoms with Crippen LogP contribution in [0.1, 0.15) is 52.9 Å². The molecule has 3 amide bonds. The topological polar surface area (TPSA) is 96.5 Å². The summed E-state index contributed by atoms with van der Waals surface area (Å²) in [7, 11) is 0. The van der Waals surface area contributed by atoms with Gasteiger partial charge in [-0.15, -0.1) is 0 Å². The van der Waals surface area contributed by atoms with Gasteiger partial charge in [-0.05, 0) is 43.9 Å². The van der Waals surface area contributed by atoms with Crippen molar-refractivity contribution < 1.29 is 19.1 Å². The second kappa shape index (κ2) is 8.63. The lowest BCUT2D eigenvalue weighted by Gasteiger charge is -2.27. The van der Waals surface area contributed by atoms with Crippen molar-refractivity contribution in [3.63, 3.8) is 0 Å². The average molecular weight is 387 g/mol. The van der Waals surface area contributed by atoms with Crippen molar-refractivity contribution in [2.75, 3.05) is 10.6 Å². The molecule has 1 fully saturated rings. The zero-order chi connectivity index (χ0) is 20.3. The van der Waals surface area contributed by atoms with Crippen LogP contribution in [0.2, 0.25) is 0 Å². The SMILES string of the molecule is CC(C)[C@H](NC(=O)C1CCCCC1)C(=O)Nc1ccc2c(c1)NC(=O)[C@@H](C)O2. The number of benzene rings is 1. The van der Waals surface area contributed by atoms with Gasteiger partial charge in [-0.2, -0.15) is 0 Å². The largest absolute Gasteiger partial charge is 0.479 e. The zero-order valence-electron chi connectivity index (χ0n) is 16.7. The first-order valence-corrected chi connectivity index (χ1v) is 10.1. The number of rotatable bonds is 5. The predicted molar refractivity (Wildman–Crippen MR) is 107 cm³/mol. The molecule has 2 atom stereocenters. The number of carbonyl (C=O) groups excluding carboxylic acids is 3.